The largest absolute Gasteiger partial charge is 0.495 e. The van der Waals surface area contributed by atoms with Crippen molar-refractivity contribution in [1.29, 1.82) is 0 Å². The van der Waals surface area contributed by atoms with Crippen LogP contribution in [0.3, 0.4) is 0 Å². The van der Waals surface area contributed by atoms with E-state index in [1.807, 2.05) is 60.6 Å². The summed E-state index contributed by atoms with van der Waals surface area (Å²) in [5, 5.41) is 2.74. The van der Waals surface area contributed by atoms with Gasteiger partial charge in [-0.2, -0.15) is 0 Å². The predicted molar refractivity (Wildman–Crippen MR) is 104 cm³/mol. The first-order valence-corrected chi connectivity index (χ1v) is 9.29. The zero-order valence-electron chi connectivity index (χ0n) is 17.4. The molecule has 1 fully saturated rings. The van der Waals surface area contributed by atoms with Crippen molar-refractivity contribution < 1.29 is 23.6 Å². The molecule has 150 valence electrons. The molecule has 8 heteroatoms. The van der Waals surface area contributed by atoms with E-state index in [4.69, 9.17) is 18.8 Å². The van der Waals surface area contributed by atoms with Gasteiger partial charge in [-0.05, 0) is 60.0 Å². The van der Waals surface area contributed by atoms with Crippen molar-refractivity contribution >= 4 is 18.7 Å². The highest BCUT2D eigenvalue weighted by atomic mass is 16.7. The van der Waals surface area contributed by atoms with Gasteiger partial charge in [0, 0.05) is 24.2 Å². The number of pyridine rings is 1. The van der Waals surface area contributed by atoms with E-state index in [-0.39, 0.29) is 12.1 Å². The summed E-state index contributed by atoms with van der Waals surface area (Å²) in [7, 11) is -0.454. The lowest BCUT2D eigenvalue weighted by atomic mass is 9.80. The van der Waals surface area contributed by atoms with E-state index in [1.54, 1.807) is 6.20 Å². The Morgan fingerprint density at radius 1 is 1.19 bits per heavy atom. The highest BCUT2D eigenvalue weighted by Gasteiger charge is 2.51. The Kier molecular flexibility index (Phi) is 6.42. The van der Waals surface area contributed by atoms with Gasteiger partial charge < -0.3 is 24.1 Å². The van der Waals surface area contributed by atoms with Gasteiger partial charge in [0.15, 0.2) is 0 Å². The molecule has 0 radical (unpaired) electrons. The van der Waals surface area contributed by atoms with Gasteiger partial charge >= 0.3 is 13.2 Å². The average molecular weight is 378 g/mol. The SMILES string of the molecule is CC(C)(C)NC(=O)OCCCOc1cc(B2OC(C)(C)C(C)(C)O2)ccn1. The lowest BCUT2D eigenvalue weighted by molar-refractivity contribution is 0.00578. The number of hydrogen-bond donors (Lipinski definition) is 1. The molecule has 1 saturated heterocycles. The molecule has 1 aromatic heterocycles. The Balaban J connectivity index is 1.79. The van der Waals surface area contributed by atoms with Gasteiger partial charge in [0.05, 0.1) is 24.4 Å². The van der Waals surface area contributed by atoms with E-state index in [1.165, 1.54) is 0 Å². The van der Waals surface area contributed by atoms with Crippen LogP contribution in [0.4, 0.5) is 4.79 Å². The minimum atomic E-state index is -0.454. The standard InChI is InChI=1S/C19H31BN2O5/c1-17(2,3)22-16(23)25-12-8-11-24-15-13-14(9-10-21-15)20-26-18(4,5)19(6,7)27-20/h9-10,13H,8,11-12H2,1-7H3,(H,22,23). The number of nitrogens with zero attached hydrogens (tertiary/aromatic N) is 1. The van der Waals surface area contributed by atoms with Gasteiger partial charge in [-0.3, -0.25) is 0 Å². The van der Waals surface area contributed by atoms with E-state index in [2.05, 4.69) is 10.3 Å². The smallest absolute Gasteiger partial charge is 0.478 e. The maximum atomic E-state index is 11.6. The summed E-state index contributed by atoms with van der Waals surface area (Å²) in [5.41, 5.74) is -0.245. The predicted octanol–water partition coefficient (Wildman–Crippen LogP) is 2.67. The van der Waals surface area contributed by atoms with Gasteiger partial charge in [-0.15, -0.1) is 0 Å². The summed E-state index contributed by atoms with van der Waals surface area (Å²) in [5.74, 6) is 0.487. The normalized spacial score (nSPS) is 18.3. The number of aromatic nitrogens is 1. The molecular weight excluding hydrogens is 347 g/mol. The van der Waals surface area contributed by atoms with E-state index >= 15 is 0 Å². The molecule has 1 N–H and O–H groups in total. The van der Waals surface area contributed by atoms with Gasteiger partial charge in [-0.25, -0.2) is 9.78 Å². The lowest BCUT2D eigenvalue weighted by Crippen LogP contribution is -2.41. The minimum absolute atomic E-state index is 0.277. The van der Waals surface area contributed by atoms with Crippen LogP contribution in [0.25, 0.3) is 0 Å². The number of rotatable bonds is 6. The molecule has 27 heavy (non-hydrogen) atoms. The fraction of sp³-hybridized carbons (Fsp3) is 0.684. The van der Waals surface area contributed by atoms with Gasteiger partial charge in [0.25, 0.3) is 0 Å². The van der Waals surface area contributed by atoms with Crippen molar-refractivity contribution in [1.82, 2.24) is 10.3 Å². The first-order chi connectivity index (χ1) is 12.4. The third-order valence-corrected chi connectivity index (χ3v) is 4.53. The molecule has 1 aliphatic heterocycles. The van der Waals surface area contributed by atoms with Gasteiger partial charge in [0.2, 0.25) is 5.88 Å². The molecule has 7 nitrogen and oxygen atoms in total. The highest BCUT2D eigenvalue weighted by molar-refractivity contribution is 6.62. The van der Waals surface area contributed by atoms with Gasteiger partial charge in [-0.1, -0.05) is 0 Å². The second-order valence-electron chi connectivity index (χ2n) is 8.73. The van der Waals surface area contributed by atoms with Crippen molar-refractivity contribution in [2.24, 2.45) is 0 Å². The maximum Gasteiger partial charge on any atom is 0.495 e. The summed E-state index contributed by atoms with van der Waals surface area (Å²) < 4.78 is 22.9. The number of hydrogen-bond acceptors (Lipinski definition) is 6. The molecule has 2 heterocycles. The molecular formula is C19H31BN2O5. The van der Waals surface area contributed by atoms with Crippen LogP contribution in [-0.4, -0.2) is 48.2 Å². The Hall–Kier alpha value is -1.80. The fourth-order valence-corrected chi connectivity index (χ4v) is 2.37. The molecule has 0 bridgehead atoms. The number of carbonyl (C=O) groups excluding carboxylic acids is 1. The Bertz CT molecular complexity index is 642. The molecule has 0 aromatic carbocycles. The molecule has 1 amide bonds. The summed E-state index contributed by atoms with van der Waals surface area (Å²) in [6.07, 6.45) is 1.81. The third-order valence-electron chi connectivity index (χ3n) is 4.53. The van der Waals surface area contributed by atoms with Crippen LogP contribution >= 0.6 is 0 Å². The maximum absolute atomic E-state index is 11.6. The summed E-state index contributed by atoms with van der Waals surface area (Å²) in [4.78, 5) is 15.8. The van der Waals surface area contributed by atoms with Crippen molar-refractivity contribution in [2.75, 3.05) is 13.2 Å². The Labute approximate surface area is 162 Å². The molecule has 0 unspecified atom stereocenters. The molecule has 2 rings (SSSR count). The molecule has 0 aliphatic carbocycles. The third kappa shape index (κ3) is 6.11. The van der Waals surface area contributed by atoms with Crippen LogP contribution in [0.5, 0.6) is 5.88 Å². The van der Waals surface area contributed by atoms with Crippen molar-refractivity contribution in [3.8, 4) is 5.88 Å². The van der Waals surface area contributed by atoms with Crippen LogP contribution in [0.2, 0.25) is 0 Å². The first-order valence-electron chi connectivity index (χ1n) is 9.29. The summed E-state index contributed by atoms with van der Waals surface area (Å²) in [6.45, 7) is 14.4. The Morgan fingerprint density at radius 2 is 1.81 bits per heavy atom. The van der Waals surface area contributed by atoms with Crippen LogP contribution in [0.15, 0.2) is 18.3 Å². The monoisotopic (exact) mass is 378 g/mol. The molecule has 1 aliphatic rings. The zero-order chi connectivity index (χ0) is 20.3. The number of carbonyl (C=O) groups is 1. The minimum Gasteiger partial charge on any atom is -0.478 e. The fourth-order valence-electron chi connectivity index (χ4n) is 2.37. The number of amides is 1. The lowest BCUT2D eigenvalue weighted by Gasteiger charge is -2.32. The second kappa shape index (κ2) is 8.06. The number of nitrogens with one attached hydrogen (secondary N) is 1. The van der Waals surface area contributed by atoms with Crippen molar-refractivity contribution in [3.63, 3.8) is 0 Å². The quantitative estimate of drug-likeness (QED) is 0.606. The van der Waals surface area contributed by atoms with E-state index in [0.29, 0.717) is 18.9 Å². The molecule has 0 atom stereocenters. The van der Waals surface area contributed by atoms with E-state index in [0.717, 1.165) is 5.46 Å². The van der Waals surface area contributed by atoms with Crippen LogP contribution in [-0.2, 0) is 14.0 Å². The van der Waals surface area contributed by atoms with Crippen LogP contribution in [0.1, 0.15) is 54.9 Å². The zero-order valence-corrected chi connectivity index (χ0v) is 17.4. The van der Waals surface area contributed by atoms with E-state index in [9.17, 15) is 4.79 Å². The molecule has 0 saturated carbocycles. The highest BCUT2D eigenvalue weighted by Crippen LogP contribution is 2.36. The number of alkyl carbamates (subject to hydrolysis) is 1. The molecule has 1 aromatic rings. The molecule has 0 spiro atoms. The van der Waals surface area contributed by atoms with Crippen LogP contribution in [0, 0.1) is 0 Å². The number of ether oxygens (including phenoxy) is 2. The van der Waals surface area contributed by atoms with E-state index < -0.39 is 24.4 Å². The summed E-state index contributed by atoms with van der Waals surface area (Å²) in [6, 6.07) is 3.67. The summed E-state index contributed by atoms with van der Waals surface area (Å²) >= 11 is 0. The topological polar surface area (TPSA) is 78.9 Å². The van der Waals surface area contributed by atoms with Crippen molar-refractivity contribution in [3.05, 3.63) is 18.3 Å². The Morgan fingerprint density at radius 3 is 2.41 bits per heavy atom. The van der Waals surface area contributed by atoms with Crippen LogP contribution < -0.4 is 15.5 Å². The second-order valence-corrected chi connectivity index (χ2v) is 8.73. The van der Waals surface area contributed by atoms with Crippen molar-refractivity contribution in [2.45, 2.75) is 71.6 Å². The van der Waals surface area contributed by atoms with Gasteiger partial charge in [0.1, 0.15) is 0 Å². The average Bonchev–Trinajstić information content (AvgIpc) is 2.74. The first kappa shape index (κ1) is 21.5.